The first-order valence-electron chi connectivity index (χ1n) is 6.86. The molecule has 1 unspecified atom stereocenters. The summed E-state index contributed by atoms with van der Waals surface area (Å²) >= 11 is 7.38. The van der Waals surface area contributed by atoms with Crippen LogP contribution in [0.15, 0.2) is 23.1 Å². The maximum Gasteiger partial charge on any atom is 0.326 e. The quantitative estimate of drug-likeness (QED) is 0.692. The first-order valence-corrected chi connectivity index (χ1v) is 10.1. The molecule has 0 aliphatic carbocycles. The number of carbonyl (C=O) groups is 2. The smallest absolute Gasteiger partial charge is 0.326 e. The van der Waals surface area contributed by atoms with Gasteiger partial charge in [0.1, 0.15) is 10.9 Å². The lowest BCUT2D eigenvalue weighted by atomic mass is 10.1. The molecule has 134 valence electrons. The van der Waals surface area contributed by atoms with E-state index in [0.717, 1.165) is 10.4 Å². The van der Waals surface area contributed by atoms with Crippen molar-refractivity contribution in [2.75, 3.05) is 26.1 Å². The number of carboxylic acid groups (broad SMARTS) is 1. The van der Waals surface area contributed by atoms with Crippen LogP contribution in [0.3, 0.4) is 0 Å². The molecule has 0 fully saturated rings. The van der Waals surface area contributed by atoms with Gasteiger partial charge in [0.05, 0.1) is 5.02 Å². The Labute approximate surface area is 150 Å². The highest BCUT2D eigenvalue weighted by molar-refractivity contribution is 7.98. The Morgan fingerprint density at radius 2 is 2.00 bits per heavy atom. The third kappa shape index (κ3) is 5.10. The molecule has 0 radical (unpaired) electrons. The van der Waals surface area contributed by atoms with Gasteiger partial charge in [0.2, 0.25) is 10.0 Å². The number of rotatable bonds is 8. The fourth-order valence-electron chi connectivity index (χ4n) is 1.77. The van der Waals surface area contributed by atoms with Gasteiger partial charge in [0, 0.05) is 19.7 Å². The zero-order chi connectivity index (χ0) is 18.5. The minimum atomic E-state index is -3.82. The topological polar surface area (TPSA) is 104 Å². The summed E-state index contributed by atoms with van der Waals surface area (Å²) in [6.45, 7) is 0. The van der Waals surface area contributed by atoms with Crippen molar-refractivity contribution in [1.29, 1.82) is 0 Å². The van der Waals surface area contributed by atoms with Crippen molar-refractivity contribution in [2.45, 2.75) is 17.4 Å². The number of nitrogens with zero attached hydrogens (tertiary/aromatic N) is 1. The Morgan fingerprint density at radius 1 is 1.38 bits per heavy atom. The van der Waals surface area contributed by atoms with Crippen LogP contribution >= 0.6 is 23.4 Å². The van der Waals surface area contributed by atoms with Crippen LogP contribution in [0.2, 0.25) is 5.02 Å². The minimum absolute atomic E-state index is 0.0163. The van der Waals surface area contributed by atoms with Gasteiger partial charge in [-0.1, -0.05) is 11.6 Å². The van der Waals surface area contributed by atoms with Crippen molar-refractivity contribution in [1.82, 2.24) is 9.62 Å². The van der Waals surface area contributed by atoms with E-state index in [1.807, 2.05) is 6.26 Å². The summed E-state index contributed by atoms with van der Waals surface area (Å²) in [6, 6.07) is 2.74. The van der Waals surface area contributed by atoms with E-state index in [0.29, 0.717) is 5.75 Å². The monoisotopic (exact) mass is 394 g/mol. The fourth-order valence-corrected chi connectivity index (χ4v) is 3.64. The van der Waals surface area contributed by atoms with Gasteiger partial charge in [0.25, 0.3) is 5.91 Å². The maximum atomic E-state index is 12.3. The zero-order valence-corrected chi connectivity index (χ0v) is 15.8. The normalized spacial score (nSPS) is 12.9. The van der Waals surface area contributed by atoms with Gasteiger partial charge in [-0.2, -0.15) is 11.8 Å². The molecule has 0 aliphatic heterocycles. The van der Waals surface area contributed by atoms with Crippen LogP contribution in [-0.2, 0) is 14.8 Å². The molecule has 24 heavy (non-hydrogen) atoms. The van der Waals surface area contributed by atoms with Gasteiger partial charge in [-0.25, -0.2) is 17.5 Å². The van der Waals surface area contributed by atoms with Gasteiger partial charge in [-0.15, -0.1) is 0 Å². The molecule has 1 aromatic carbocycles. The lowest BCUT2D eigenvalue weighted by Gasteiger charge is -2.16. The maximum absolute atomic E-state index is 12.3. The molecule has 1 atom stereocenters. The molecule has 0 bridgehead atoms. The highest BCUT2D eigenvalue weighted by Crippen LogP contribution is 2.24. The highest BCUT2D eigenvalue weighted by Gasteiger charge is 2.24. The summed E-state index contributed by atoms with van der Waals surface area (Å²) in [7, 11) is -1.12. The second-order valence-corrected chi connectivity index (χ2v) is 8.59. The Balaban J connectivity index is 3.10. The van der Waals surface area contributed by atoms with Crippen molar-refractivity contribution in [3.8, 4) is 0 Å². The summed E-state index contributed by atoms with van der Waals surface area (Å²) in [4.78, 5) is 23.2. The molecule has 1 aromatic rings. The van der Waals surface area contributed by atoms with Crippen molar-refractivity contribution in [3.05, 3.63) is 28.8 Å². The number of benzene rings is 1. The zero-order valence-electron chi connectivity index (χ0n) is 13.4. The van der Waals surface area contributed by atoms with Crippen molar-refractivity contribution >= 4 is 45.3 Å². The van der Waals surface area contributed by atoms with E-state index in [9.17, 15) is 18.0 Å². The lowest BCUT2D eigenvalue weighted by molar-refractivity contribution is -0.139. The van der Waals surface area contributed by atoms with Crippen LogP contribution in [0.25, 0.3) is 0 Å². The molecule has 0 spiro atoms. The average Bonchev–Trinajstić information content (AvgIpc) is 2.50. The molecular formula is C14H19ClN2O5S2. The van der Waals surface area contributed by atoms with Crippen LogP contribution in [0.5, 0.6) is 0 Å². The molecule has 0 saturated heterocycles. The Kier molecular flexibility index (Phi) is 7.53. The third-order valence-electron chi connectivity index (χ3n) is 3.17. The van der Waals surface area contributed by atoms with E-state index in [4.69, 9.17) is 16.7 Å². The van der Waals surface area contributed by atoms with Crippen LogP contribution in [-0.4, -0.2) is 61.9 Å². The Hall–Kier alpha value is -1.29. The van der Waals surface area contributed by atoms with E-state index in [1.54, 1.807) is 0 Å². The number of carboxylic acids is 1. The molecule has 0 heterocycles. The number of sulfonamides is 1. The van der Waals surface area contributed by atoms with Gasteiger partial charge in [0.15, 0.2) is 0 Å². The van der Waals surface area contributed by atoms with E-state index in [1.165, 1.54) is 38.0 Å². The number of hydrogen-bond donors (Lipinski definition) is 2. The SMILES string of the molecule is CSCCC(NC(=O)c1ccc(Cl)c(S(=O)(=O)N(C)C)c1)C(=O)O. The molecule has 0 saturated carbocycles. The molecule has 0 aliphatic rings. The van der Waals surface area contributed by atoms with Crippen molar-refractivity contribution in [3.63, 3.8) is 0 Å². The first-order chi connectivity index (χ1) is 11.1. The largest absolute Gasteiger partial charge is 0.480 e. The Bertz CT molecular complexity index is 722. The second kappa shape index (κ2) is 8.70. The molecule has 0 aromatic heterocycles. The summed E-state index contributed by atoms with van der Waals surface area (Å²) in [5, 5.41) is 11.5. The second-order valence-electron chi connectivity index (χ2n) is 5.08. The molecule has 1 rings (SSSR count). The van der Waals surface area contributed by atoms with E-state index in [2.05, 4.69) is 5.32 Å². The summed E-state index contributed by atoms with van der Waals surface area (Å²) < 4.78 is 25.4. The van der Waals surface area contributed by atoms with E-state index < -0.39 is 27.9 Å². The number of thioether (sulfide) groups is 1. The fraction of sp³-hybridized carbons (Fsp3) is 0.429. The van der Waals surface area contributed by atoms with Gasteiger partial charge in [-0.05, 0) is 36.6 Å². The van der Waals surface area contributed by atoms with Gasteiger partial charge < -0.3 is 10.4 Å². The van der Waals surface area contributed by atoms with Crippen LogP contribution in [0.1, 0.15) is 16.8 Å². The number of hydrogen-bond acceptors (Lipinski definition) is 5. The van der Waals surface area contributed by atoms with Crippen LogP contribution in [0, 0.1) is 0 Å². The molecule has 7 nitrogen and oxygen atoms in total. The number of aliphatic carboxylic acids is 1. The summed E-state index contributed by atoms with van der Waals surface area (Å²) in [5.74, 6) is -1.25. The number of nitrogens with one attached hydrogen (secondary N) is 1. The molecule has 2 N–H and O–H groups in total. The number of amides is 1. The highest BCUT2D eigenvalue weighted by atomic mass is 35.5. The van der Waals surface area contributed by atoms with E-state index in [-0.39, 0.29) is 21.9 Å². The predicted molar refractivity (Wildman–Crippen MR) is 94.2 cm³/mol. The standard InChI is InChI=1S/C14H19ClN2O5S2/c1-17(2)24(21,22)12-8-9(4-5-10(12)15)13(18)16-11(14(19)20)6-7-23-3/h4-5,8,11H,6-7H2,1-3H3,(H,16,18)(H,19,20). The van der Waals surface area contributed by atoms with Crippen molar-refractivity contribution < 1.29 is 23.1 Å². The molecule has 10 heteroatoms. The average molecular weight is 395 g/mol. The third-order valence-corrected chi connectivity index (χ3v) is 6.11. The predicted octanol–water partition coefficient (Wildman–Crippen LogP) is 1.53. The summed E-state index contributed by atoms with van der Waals surface area (Å²) in [5.41, 5.74) is 0.0234. The molecular weight excluding hydrogens is 376 g/mol. The Morgan fingerprint density at radius 3 is 2.50 bits per heavy atom. The number of carbonyl (C=O) groups excluding carboxylic acids is 1. The van der Waals surface area contributed by atoms with Crippen LogP contribution < -0.4 is 5.32 Å². The number of halogens is 1. The minimum Gasteiger partial charge on any atom is -0.480 e. The van der Waals surface area contributed by atoms with Gasteiger partial charge >= 0.3 is 5.97 Å². The van der Waals surface area contributed by atoms with Crippen molar-refractivity contribution in [2.24, 2.45) is 0 Å². The van der Waals surface area contributed by atoms with Gasteiger partial charge in [-0.3, -0.25) is 4.79 Å². The molecule has 1 amide bonds. The van der Waals surface area contributed by atoms with E-state index >= 15 is 0 Å². The first kappa shape index (κ1) is 20.8. The van der Waals surface area contributed by atoms with Crippen LogP contribution in [0.4, 0.5) is 0 Å². The summed E-state index contributed by atoms with van der Waals surface area (Å²) in [6.07, 6.45) is 2.09. The lowest BCUT2D eigenvalue weighted by Crippen LogP contribution is -2.41.